The SMILES string of the molecule is CC(C(=O)OCCCCCCCCCO)N1C(=O)C=CC1=O. The zero-order chi connectivity index (χ0) is 16.4. The first-order valence-electron chi connectivity index (χ1n) is 7.90. The van der Waals surface area contributed by atoms with Gasteiger partial charge in [-0.3, -0.25) is 14.5 Å². The highest BCUT2D eigenvalue weighted by Gasteiger charge is 2.33. The lowest BCUT2D eigenvalue weighted by molar-refractivity contribution is -0.156. The molecule has 1 aliphatic rings. The molecule has 1 atom stereocenters. The van der Waals surface area contributed by atoms with Crippen LogP contribution in [0.5, 0.6) is 0 Å². The Hall–Kier alpha value is -1.69. The number of esters is 1. The number of nitrogens with zero attached hydrogens (tertiary/aromatic N) is 1. The summed E-state index contributed by atoms with van der Waals surface area (Å²) in [7, 11) is 0. The van der Waals surface area contributed by atoms with Crippen molar-refractivity contribution in [2.75, 3.05) is 13.2 Å². The van der Waals surface area contributed by atoms with E-state index in [1.54, 1.807) is 0 Å². The predicted molar refractivity (Wildman–Crippen MR) is 80.8 cm³/mol. The molecule has 1 aliphatic heterocycles. The molecular formula is C16H25NO5. The van der Waals surface area contributed by atoms with E-state index in [9.17, 15) is 14.4 Å². The second kappa shape index (κ2) is 10.1. The van der Waals surface area contributed by atoms with E-state index in [-0.39, 0.29) is 6.61 Å². The highest BCUT2D eigenvalue weighted by Crippen LogP contribution is 2.11. The van der Waals surface area contributed by atoms with Crippen molar-refractivity contribution in [3.05, 3.63) is 12.2 Å². The van der Waals surface area contributed by atoms with Gasteiger partial charge in [0, 0.05) is 18.8 Å². The molecule has 0 bridgehead atoms. The molecule has 0 aromatic rings. The zero-order valence-corrected chi connectivity index (χ0v) is 13.1. The van der Waals surface area contributed by atoms with Crippen LogP contribution >= 0.6 is 0 Å². The van der Waals surface area contributed by atoms with Crippen LogP contribution in [-0.2, 0) is 19.1 Å². The third-order valence-electron chi connectivity index (χ3n) is 3.62. The Labute approximate surface area is 131 Å². The van der Waals surface area contributed by atoms with Gasteiger partial charge >= 0.3 is 5.97 Å². The highest BCUT2D eigenvalue weighted by atomic mass is 16.5. The van der Waals surface area contributed by atoms with Crippen molar-refractivity contribution in [1.29, 1.82) is 0 Å². The molecule has 124 valence electrons. The lowest BCUT2D eigenvalue weighted by Gasteiger charge is -2.20. The van der Waals surface area contributed by atoms with Crippen molar-refractivity contribution < 1.29 is 24.2 Å². The number of rotatable bonds is 11. The summed E-state index contributed by atoms with van der Waals surface area (Å²) in [6.45, 7) is 2.06. The average molecular weight is 311 g/mol. The molecule has 0 aliphatic carbocycles. The fourth-order valence-electron chi connectivity index (χ4n) is 2.29. The fraction of sp³-hybridized carbons (Fsp3) is 0.688. The molecule has 0 saturated carbocycles. The summed E-state index contributed by atoms with van der Waals surface area (Å²) in [6.07, 6.45) is 9.28. The summed E-state index contributed by atoms with van der Waals surface area (Å²) in [4.78, 5) is 35.6. The van der Waals surface area contributed by atoms with Gasteiger partial charge in [0.25, 0.3) is 11.8 Å². The van der Waals surface area contributed by atoms with Crippen molar-refractivity contribution in [3.63, 3.8) is 0 Å². The van der Waals surface area contributed by atoms with Crippen LogP contribution in [0.25, 0.3) is 0 Å². The minimum Gasteiger partial charge on any atom is -0.464 e. The number of amides is 2. The quantitative estimate of drug-likeness (QED) is 0.356. The van der Waals surface area contributed by atoms with Crippen LogP contribution in [0, 0.1) is 0 Å². The Morgan fingerprint density at radius 2 is 1.55 bits per heavy atom. The smallest absolute Gasteiger partial charge is 0.329 e. The monoisotopic (exact) mass is 311 g/mol. The minimum atomic E-state index is -0.881. The van der Waals surface area contributed by atoms with Gasteiger partial charge in [-0.25, -0.2) is 4.79 Å². The second-order valence-corrected chi connectivity index (χ2v) is 5.42. The van der Waals surface area contributed by atoms with Gasteiger partial charge in [0.1, 0.15) is 6.04 Å². The topological polar surface area (TPSA) is 83.9 Å². The van der Waals surface area contributed by atoms with E-state index in [0.29, 0.717) is 6.61 Å². The molecule has 2 amide bonds. The summed E-state index contributed by atoms with van der Waals surface area (Å²) in [6, 6.07) is -0.881. The van der Waals surface area contributed by atoms with Gasteiger partial charge in [-0.15, -0.1) is 0 Å². The van der Waals surface area contributed by atoms with E-state index in [2.05, 4.69) is 0 Å². The molecule has 0 spiro atoms. The van der Waals surface area contributed by atoms with Crippen molar-refractivity contribution in [2.24, 2.45) is 0 Å². The fourth-order valence-corrected chi connectivity index (χ4v) is 2.29. The lowest BCUT2D eigenvalue weighted by Crippen LogP contribution is -2.43. The first kappa shape index (κ1) is 18.4. The number of carbonyl (C=O) groups is 3. The molecule has 6 heteroatoms. The van der Waals surface area contributed by atoms with Gasteiger partial charge < -0.3 is 9.84 Å². The lowest BCUT2D eigenvalue weighted by atomic mass is 10.1. The Morgan fingerprint density at radius 3 is 2.09 bits per heavy atom. The molecule has 0 fully saturated rings. The van der Waals surface area contributed by atoms with Crippen LogP contribution in [0.4, 0.5) is 0 Å². The minimum absolute atomic E-state index is 0.256. The Balaban J connectivity index is 2.08. The normalized spacial score (nSPS) is 15.5. The van der Waals surface area contributed by atoms with E-state index in [4.69, 9.17) is 9.84 Å². The molecule has 0 radical (unpaired) electrons. The van der Waals surface area contributed by atoms with Crippen molar-refractivity contribution in [1.82, 2.24) is 4.90 Å². The van der Waals surface area contributed by atoms with E-state index in [1.165, 1.54) is 6.92 Å². The van der Waals surface area contributed by atoms with Crippen molar-refractivity contribution >= 4 is 17.8 Å². The molecule has 22 heavy (non-hydrogen) atoms. The molecule has 0 saturated heterocycles. The summed E-state index contributed by atoms with van der Waals surface area (Å²) in [5.41, 5.74) is 0. The number of imide groups is 1. The molecule has 0 aromatic carbocycles. The van der Waals surface area contributed by atoms with Gasteiger partial charge in [0.2, 0.25) is 0 Å². The first-order valence-corrected chi connectivity index (χ1v) is 7.90. The Bertz CT molecular complexity index is 401. The largest absolute Gasteiger partial charge is 0.464 e. The van der Waals surface area contributed by atoms with Gasteiger partial charge in [-0.1, -0.05) is 32.1 Å². The van der Waals surface area contributed by atoms with E-state index in [1.807, 2.05) is 0 Å². The molecule has 6 nitrogen and oxygen atoms in total. The molecule has 1 heterocycles. The third kappa shape index (κ3) is 5.97. The number of unbranched alkanes of at least 4 members (excludes halogenated alkanes) is 6. The molecule has 0 aromatic heterocycles. The number of hydrogen-bond acceptors (Lipinski definition) is 5. The number of ether oxygens (including phenoxy) is 1. The summed E-state index contributed by atoms with van der Waals surface area (Å²) >= 11 is 0. The maximum atomic E-state index is 11.8. The van der Waals surface area contributed by atoms with Crippen LogP contribution < -0.4 is 0 Å². The summed E-state index contributed by atoms with van der Waals surface area (Å²) in [5, 5.41) is 8.65. The third-order valence-corrected chi connectivity index (χ3v) is 3.62. The number of aliphatic hydroxyl groups is 1. The maximum absolute atomic E-state index is 11.8. The predicted octanol–water partition coefficient (Wildman–Crippen LogP) is 1.57. The van der Waals surface area contributed by atoms with E-state index >= 15 is 0 Å². The number of carbonyl (C=O) groups excluding carboxylic acids is 3. The number of hydrogen-bond donors (Lipinski definition) is 1. The van der Waals surface area contributed by atoms with Crippen molar-refractivity contribution in [3.8, 4) is 0 Å². The van der Waals surface area contributed by atoms with E-state index < -0.39 is 23.8 Å². The van der Waals surface area contributed by atoms with Crippen LogP contribution in [0.1, 0.15) is 51.9 Å². The van der Waals surface area contributed by atoms with Crippen LogP contribution in [-0.4, -0.2) is 47.0 Å². The van der Waals surface area contributed by atoms with E-state index in [0.717, 1.165) is 62.0 Å². The Kier molecular flexibility index (Phi) is 8.43. The molecule has 1 rings (SSSR count). The standard InChI is InChI=1S/C16H25NO5/c1-13(17-14(19)9-10-15(17)20)16(21)22-12-8-6-4-2-3-5-7-11-18/h9-10,13,18H,2-8,11-12H2,1H3. The van der Waals surface area contributed by atoms with Gasteiger partial charge in [-0.05, 0) is 19.8 Å². The zero-order valence-electron chi connectivity index (χ0n) is 13.1. The van der Waals surface area contributed by atoms with Gasteiger partial charge in [0.15, 0.2) is 0 Å². The van der Waals surface area contributed by atoms with Gasteiger partial charge in [-0.2, -0.15) is 0 Å². The average Bonchev–Trinajstić information content (AvgIpc) is 2.83. The molecule has 1 unspecified atom stereocenters. The second-order valence-electron chi connectivity index (χ2n) is 5.42. The van der Waals surface area contributed by atoms with Gasteiger partial charge in [0.05, 0.1) is 6.61 Å². The molecule has 1 N–H and O–H groups in total. The van der Waals surface area contributed by atoms with Crippen LogP contribution in [0.3, 0.4) is 0 Å². The first-order chi connectivity index (χ1) is 10.6. The van der Waals surface area contributed by atoms with Crippen molar-refractivity contribution in [2.45, 2.75) is 57.9 Å². The summed E-state index contributed by atoms with van der Waals surface area (Å²) < 4.78 is 5.11. The van der Waals surface area contributed by atoms with Crippen LogP contribution in [0.15, 0.2) is 12.2 Å². The Morgan fingerprint density at radius 1 is 1.05 bits per heavy atom. The summed E-state index contributed by atoms with van der Waals surface area (Å²) in [5.74, 6) is -1.50. The highest BCUT2D eigenvalue weighted by molar-refractivity contribution is 6.14. The molecular weight excluding hydrogens is 286 g/mol. The number of aliphatic hydroxyl groups excluding tert-OH is 1. The van der Waals surface area contributed by atoms with Crippen LogP contribution in [0.2, 0.25) is 0 Å². The maximum Gasteiger partial charge on any atom is 0.329 e.